The molecule has 2 atom stereocenters. The number of rotatable bonds is 6. The van der Waals surface area contributed by atoms with E-state index in [0.717, 1.165) is 4.90 Å². The maximum atomic E-state index is 13.2. The number of halogens is 1. The first-order chi connectivity index (χ1) is 11.7. The Hall–Kier alpha value is -2.44. The van der Waals surface area contributed by atoms with Crippen LogP contribution < -0.4 is 10.6 Å². The number of nitrogens with zero attached hydrogens (tertiary/aromatic N) is 1. The molecule has 0 unspecified atom stereocenters. The van der Waals surface area contributed by atoms with Crippen molar-refractivity contribution in [3.63, 3.8) is 0 Å². The molecule has 0 saturated carbocycles. The number of urea groups is 1. The molecule has 1 heterocycles. The van der Waals surface area contributed by atoms with E-state index < -0.39 is 29.2 Å². The van der Waals surface area contributed by atoms with Crippen LogP contribution in [0.3, 0.4) is 0 Å². The summed E-state index contributed by atoms with van der Waals surface area (Å²) in [7, 11) is 0. The van der Waals surface area contributed by atoms with Crippen molar-refractivity contribution >= 4 is 17.8 Å². The van der Waals surface area contributed by atoms with Crippen LogP contribution in [0, 0.1) is 11.7 Å². The van der Waals surface area contributed by atoms with E-state index in [2.05, 4.69) is 10.6 Å². The van der Waals surface area contributed by atoms with Gasteiger partial charge >= 0.3 is 6.03 Å². The summed E-state index contributed by atoms with van der Waals surface area (Å²) >= 11 is 0. The fourth-order valence-corrected chi connectivity index (χ4v) is 2.75. The lowest BCUT2D eigenvalue weighted by Crippen LogP contribution is -2.46. The number of carbonyl (C=O) groups excluding carboxylic acids is 3. The van der Waals surface area contributed by atoms with Crippen molar-refractivity contribution in [3.05, 3.63) is 35.6 Å². The first-order valence-electron chi connectivity index (χ1n) is 8.40. The Bertz CT molecular complexity index is 675. The van der Waals surface area contributed by atoms with E-state index in [1.165, 1.54) is 24.3 Å². The lowest BCUT2D eigenvalue weighted by molar-refractivity contribution is -0.135. The number of carbonyl (C=O) groups is 3. The SMILES string of the molecule is CC[C@@]1(c2ccc(F)cc2)NC(=O)N(CC(=O)N[C@H](C)C(C)C)C1=O. The lowest BCUT2D eigenvalue weighted by Gasteiger charge is -2.26. The average Bonchev–Trinajstić information content (AvgIpc) is 2.80. The summed E-state index contributed by atoms with van der Waals surface area (Å²) in [5, 5.41) is 5.45. The molecule has 4 amide bonds. The Balaban J connectivity index is 2.20. The number of hydrogen-bond acceptors (Lipinski definition) is 3. The summed E-state index contributed by atoms with van der Waals surface area (Å²) in [5.41, 5.74) is -0.775. The molecule has 0 spiro atoms. The van der Waals surface area contributed by atoms with Gasteiger partial charge in [-0.2, -0.15) is 0 Å². The van der Waals surface area contributed by atoms with Crippen LogP contribution in [0.4, 0.5) is 9.18 Å². The minimum Gasteiger partial charge on any atom is -0.352 e. The van der Waals surface area contributed by atoms with Gasteiger partial charge in [-0.3, -0.25) is 14.5 Å². The van der Waals surface area contributed by atoms with Crippen molar-refractivity contribution in [1.29, 1.82) is 0 Å². The smallest absolute Gasteiger partial charge is 0.325 e. The molecule has 0 radical (unpaired) electrons. The van der Waals surface area contributed by atoms with E-state index in [4.69, 9.17) is 0 Å². The topological polar surface area (TPSA) is 78.5 Å². The van der Waals surface area contributed by atoms with Crippen LogP contribution in [0.1, 0.15) is 39.7 Å². The van der Waals surface area contributed by atoms with Crippen LogP contribution in [-0.2, 0) is 15.1 Å². The number of hydrogen-bond donors (Lipinski definition) is 2. The zero-order chi connectivity index (χ0) is 18.8. The molecule has 0 aromatic heterocycles. The maximum absolute atomic E-state index is 13.2. The van der Waals surface area contributed by atoms with Crippen LogP contribution in [-0.4, -0.2) is 35.3 Å². The fourth-order valence-electron chi connectivity index (χ4n) is 2.75. The fraction of sp³-hybridized carbons (Fsp3) is 0.500. The first kappa shape index (κ1) is 18.9. The van der Waals surface area contributed by atoms with Gasteiger partial charge in [-0.15, -0.1) is 0 Å². The van der Waals surface area contributed by atoms with Gasteiger partial charge in [0.15, 0.2) is 0 Å². The van der Waals surface area contributed by atoms with Crippen LogP contribution in [0.15, 0.2) is 24.3 Å². The van der Waals surface area contributed by atoms with Crippen molar-refractivity contribution in [1.82, 2.24) is 15.5 Å². The maximum Gasteiger partial charge on any atom is 0.325 e. The highest BCUT2D eigenvalue weighted by Gasteiger charge is 2.51. The van der Waals surface area contributed by atoms with Crippen LogP contribution in [0.25, 0.3) is 0 Å². The van der Waals surface area contributed by atoms with Gasteiger partial charge < -0.3 is 10.6 Å². The second-order valence-corrected chi connectivity index (χ2v) is 6.69. The minimum atomic E-state index is -1.27. The molecule has 0 aliphatic carbocycles. The minimum absolute atomic E-state index is 0.0682. The van der Waals surface area contributed by atoms with Gasteiger partial charge in [0.1, 0.15) is 17.9 Å². The Morgan fingerprint density at radius 1 is 1.24 bits per heavy atom. The van der Waals surface area contributed by atoms with E-state index in [1.807, 2.05) is 20.8 Å². The van der Waals surface area contributed by atoms with Gasteiger partial charge in [0.25, 0.3) is 5.91 Å². The monoisotopic (exact) mass is 349 g/mol. The second-order valence-electron chi connectivity index (χ2n) is 6.69. The Morgan fingerprint density at radius 3 is 2.36 bits per heavy atom. The lowest BCUT2D eigenvalue weighted by atomic mass is 9.87. The number of amides is 4. The molecule has 2 N–H and O–H groups in total. The molecule has 1 aliphatic heterocycles. The molecular formula is C18H24FN3O3. The molecule has 6 nitrogen and oxygen atoms in total. The van der Waals surface area contributed by atoms with E-state index in [-0.39, 0.29) is 18.5 Å². The Morgan fingerprint density at radius 2 is 1.84 bits per heavy atom. The standard InChI is InChI=1S/C18H24FN3O3/c1-5-18(13-6-8-14(19)9-7-13)16(24)22(17(25)21-18)10-15(23)20-12(4)11(2)3/h6-9,11-12H,5,10H2,1-4H3,(H,20,23)(H,21,25)/t12-,18+/m1/s1. The summed E-state index contributed by atoms with van der Waals surface area (Å²) in [6.07, 6.45) is 0.295. The number of nitrogens with one attached hydrogen (secondary N) is 2. The predicted octanol–water partition coefficient (Wildman–Crippen LogP) is 2.14. The largest absolute Gasteiger partial charge is 0.352 e. The summed E-state index contributed by atoms with van der Waals surface area (Å²) in [6, 6.07) is 4.74. The van der Waals surface area contributed by atoms with Gasteiger partial charge in [0.2, 0.25) is 5.91 Å². The summed E-state index contributed by atoms with van der Waals surface area (Å²) in [5.74, 6) is -1.08. The van der Waals surface area contributed by atoms with E-state index in [9.17, 15) is 18.8 Å². The summed E-state index contributed by atoms with van der Waals surface area (Å²) in [4.78, 5) is 38.2. The zero-order valence-corrected chi connectivity index (χ0v) is 14.9. The number of benzene rings is 1. The third-order valence-corrected chi connectivity index (χ3v) is 4.73. The molecule has 2 rings (SSSR count). The van der Waals surface area contributed by atoms with Crippen LogP contribution in [0.5, 0.6) is 0 Å². The van der Waals surface area contributed by atoms with Crippen molar-refractivity contribution < 1.29 is 18.8 Å². The van der Waals surface area contributed by atoms with Gasteiger partial charge in [-0.05, 0) is 37.0 Å². The molecule has 1 aliphatic rings. The molecule has 136 valence electrons. The molecule has 25 heavy (non-hydrogen) atoms. The first-order valence-corrected chi connectivity index (χ1v) is 8.40. The average molecular weight is 349 g/mol. The molecule has 1 fully saturated rings. The molecule has 7 heteroatoms. The van der Waals surface area contributed by atoms with Crippen molar-refractivity contribution in [2.24, 2.45) is 5.92 Å². The normalized spacial score (nSPS) is 21.4. The van der Waals surface area contributed by atoms with Gasteiger partial charge in [-0.1, -0.05) is 32.9 Å². The van der Waals surface area contributed by atoms with Crippen LogP contribution >= 0.6 is 0 Å². The second kappa shape index (κ2) is 7.21. The van der Waals surface area contributed by atoms with E-state index >= 15 is 0 Å². The molecule has 1 aromatic carbocycles. The highest BCUT2D eigenvalue weighted by atomic mass is 19.1. The molecule has 0 bridgehead atoms. The molecule has 1 aromatic rings. The van der Waals surface area contributed by atoms with Gasteiger partial charge in [0, 0.05) is 6.04 Å². The zero-order valence-electron chi connectivity index (χ0n) is 14.9. The highest BCUT2D eigenvalue weighted by Crippen LogP contribution is 2.32. The molecular weight excluding hydrogens is 325 g/mol. The van der Waals surface area contributed by atoms with Gasteiger partial charge in [0.05, 0.1) is 0 Å². The van der Waals surface area contributed by atoms with Crippen molar-refractivity contribution in [3.8, 4) is 0 Å². The van der Waals surface area contributed by atoms with Crippen molar-refractivity contribution in [2.75, 3.05) is 6.54 Å². The highest BCUT2D eigenvalue weighted by molar-refractivity contribution is 6.09. The van der Waals surface area contributed by atoms with E-state index in [0.29, 0.717) is 12.0 Å². The predicted molar refractivity (Wildman–Crippen MR) is 91.1 cm³/mol. The third kappa shape index (κ3) is 3.65. The quantitative estimate of drug-likeness (QED) is 0.773. The summed E-state index contributed by atoms with van der Waals surface area (Å²) in [6.45, 7) is 7.21. The Kier molecular flexibility index (Phi) is 5.45. The van der Waals surface area contributed by atoms with Crippen molar-refractivity contribution in [2.45, 2.75) is 45.7 Å². The van der Waals surface area contributed by atoms with E-state index in [1.54, 1.807) is 6.92 Å². The number of imide groups is 1. The third-order valence-electron chi connectivity index (χ3n) is 4.73. The van der Waals surface area contributed by atoms with Gasteiger partial charge in [-0.25, -0.2) is 9.18 Å². The summed E-state index contributed by atoms with van der Waals surface area (Å²) < 4.78 is 13.2. The molecule has 1 saturated heterocycles. The van der Waals surface area contributed by atoms with Crippen LogP contribution in [0.2, 0.25) is 0 Å². The Labute approximate surface area is 146 Å².